The number of nitro groups is 1. The minimum Gasteiger partial charge on any atom is -0.479 e. The van der Waals surface area contributed by atoms with Crippen LogP contribution in [0.4, 0.5) is 11.4 Å². The van der Waals surface area contributed by atoms with E-state index < -0.39 is 29.5 Å². The number of hydrogen-bond acceptors (Lipinski definition) is 6. The molecule has 148 valence electrons. The number of carbonyl (C=O) groups excluding carboxylic acids is 2. The van der Waals surface area contributed by atoms with Gasteiger partial charge in [-0.25, -0.2) is 4.79 Å². The molecular formula is C19H19ClN2O6. The first kappa shape index (κ1) is 21.2. The molecule has 0 fully saturated rings. The van der Waals surface area contributed by atoms with Gasteiger partial charge in [0, 0.05) is 11.1 Å². The molecule has 28 heavy (non-hydrogen) atoms. The normalized spacial score (nSPS) is 11.4. The molecule has 8 nitrogen and oxygen atoms in total. The summed E-state index contributed by atoms with van der Waals surface area (Å²) in [5.41, 5.74) is 1.19. The van der Waals surface area contributed by atoms with E-state index in [0.717, 1.165) is 5.56 Å². The fourth-order valence-electron chi connectivity index (χ4n) is 2.31. The molecule has 0 unspecified atom stereocenters. The Morgan fingerprint density at radius 2 is 1.82 bits per heavy atom. The SMILES string of the molecule is Cc1ccc([N+](=O)[O-])c(NC(=O)COC(=O)[C@H](C)Oc2ccc(Cl)cc2)c1C. The summed E-state index contributed by atoms with van der Waals surface area (Å²) in [6, 6.07) is 9.32. The highest BCUT2D eigenvalue weighted by Crippen LogP contribution is 2.30. The van der Waals surface area contributed by atoms with Gasteiger partial charge in [0.1, 0.15) is 11.4 Å². The Balaban J connectivity index is 1.95. The van der Waals surface area contributed by atoms with Gasteiger partial charge in [0.15, 0.2) is 12.7 Å². The fourth-order valence-corrected chi connectivity index (χ4v) is 2.43. The molecule has 0 aromatic heterocycles. The average Bonchev–Trinajstić information content (AvgIpc) is 2.65. The van der Waals surface area contributed by atoms with E-state index in [1.807, 2.05) is 0 Å². The lowest BCUT2D eigenvalue weighted by atomic mass is 10.1. The Kier molecular flexibility index (Phi) is 6.94. The smallest absolute Gasteiger partial charge is 0.347 e. The third kappa shape index (κ3) is 5.43. The number of esters is 1. The molecule has 1 atom stereocenters. The van der Waals surface area contributed by atoms with Crippen molar-refractivity contribution in [2.45, 2.75) is 26.9 Å². The number of carbonyl (C=O) groups is 2. The van der Waals surface area contributed by atoms with Gasteiger partial charge in [-0.05, 0) is 56.2 Å². The maximum atomic E-state index is 12.1. The van der Waals surface area contributed by atoms with Crippen LogP contribution in [0.3, 0.4) is 0 Å². The summed E-state index contributed by atoms with van der Waals surface area (Å²) < 4.78 is 10.3. The molecule has 0 spiro atoms. The molecule has 0 aliphatic carbocycles. The molecule has 0 saturated heterocycles. The van der Waals surface area contributed by atoms with Crippen LogP contribution in [0, 0.1) is 24.0 Å². The van der Waals surface area contributed by atoms with Crippen LogP contribution in [-0.4, -0.2) is 29.5 Å². The number of aryl methyl sites for hydroxylation is 1. The first-order valence-electron chi connectivity index (χ1n) is 8.32. The van der Waals surface area contributed by atoms with E-state index >= 15 is 0 Å². The van der Waals surface area contributed by atoms with E-state index in [0.29, 0.717) is 16.3 Å². The van der Waals surface area contributed by atoms with Crippen LogP contribution < -0.4 is 10.1 Å². The Hall–Kier alpha value is -3.13. The van der Waals surface area contributed by atoms with Gasteiger partial charge in [-0.2, -0.15) is 0 Å². The minimum atomic E-state index is -0.955. The van der Waals surface area contributed by atoms with E-state index in [1.165, 1.54) is 13.0 Å². The molecular weight excluding hydrogens is 388 g/mol. The van der Waals surface area contributed by atoms with Gasteiger partial charge in [-0.3, -0.25) is 14.9 Å². The van der Waals surface area contributed by atoms with Crippen molar-refractivity contribution >= 4 is 34.9 Å². The van der Waals surface area contributed by atoms with Gasteiger partial charge >= 0.3 is 5.97 Å². The summed E-state index contributed by atoms with van der Waals surface area (Å²) in [6.07, 6.45) is -0.955. The zero-order valence-electron chi connectivity index (χ0n) is 15.5. The predicted molar refractivity (Wildman–Crippen MR) is 104 cm³/mol. The lowest BCUT2D eigenvalue weighted by Crippen LogP contribution is -2.30. The number of halogens is 1. The third-order valence-corrected chi connectivity index (χ3v) is 4.23. The highest BCUT2D eigenvalue weighted by molar-refractivity contribution is 6.30. The molecule has 9 heteroatoms. The Bertz CT molecular complexity index is 898. The molecule has 2 aromatic rings. The van der Waals surface area contributed by atoms with Gasteiger partial charge < -0.3 is 14.8 Å². The monoisotopic (exact) mass is 406 g/mol. The van der Waals surface area contributed by atoms with Crippen LogP contribution in [0.25, 0.3) is 0 Å². The second-order valence-corrected chi connectivity index (χ2v) is 6.47. The van der Waals surface area contributed by atoms with Gasteiger partial charge in [-0.1, -0.05) is 17.7 Å². The first-order chi connectivity index (χ1) is 13.2. The maximum absolute atomic E-state index is 12.1. The molecule has 0 saturated carbocycles. The van der Waals surface area contributed by atoms with Crippen molar-refractivity contribution in [2.75, 3.05) is 11.9 Å². The fraction of sp³-hybridized carbons (Fsp3) is 0.263. The number of hydrogen-bond donors (Lipinski definition) is 1. The van der Waals surface area contributed by atoms with E-state index in [-0.39, 0.29) is 11.4 Å². The first-order valence-corrected chi connectivity index (χ1v) is 8.70. The Labute approximate surface area is 166 Å². The van der Waals surface area contributed by atoms with Crippen LogP contribution >= 0.6 is 11.6 Å². The molecule has 0 aliphatic heterocycles. The minimum absolute atomic E-state index is 0.0801. The number of nitro benzene ring substituents is 1. The van der Waals surface area contributed by atoms with Crippen molar-refractivity contribution in [3.05, 3.63) is 62.7 Å². The maximum Gasteiger partial charge on any atom is 0.347 e. The third-order valence-electron chi connectivity index (χ3n) is 3.98. The standard InChI is InChI=1S/C19H19ClN2O6/c1-11-4-9-16(22(25)26)18(12(11)2)21-17(23)10-27-19(24)13(3)28-15-7-5-14(20)6-8-15/h4-9,13H,10H2,1-3H3,(H,21,23)/t13-/m0/s1. The molecule has 0 bridgehead atoms. The van der Waals surface area contributed by atoms with Crippen molar-refractivity contribution in [1.29, 1.82) is 0 Å². The average molecular weight is 407 g/mol. The predicted octanol–water partition coefficient (Wildman–Crippen LogP) is 3.81. The van der Waals surface area contributed by atoms with E-state index in [4.69, 9.17) is 21.1 Å². The van der Waals surface area contributed by atoms with Gasteiger partial charge in [0.25, 0.3) is 11.6 Å². The number of amides is 1. The second-order valence-electron chi connectivity index (χ2n) is 6.03. The van der Waals surface area contributed by atoms with Crippen LogP contribution in [0.2, 0.25) is 5.02 Å². The van der Waals surface area contributed by atoms with Crippen LogP contribution in [-0.2, 0) is 14.3 Å². The lowest BCUT2D eigenvalue weighted by molar-refractivity contribution is -0.384. The number of ether oxygens (including phenoxy) is 2. The number of nitrogens with zero attached hydrogens (tertiary/aromatic N) is 1. The van der Waals surface area contributed by atoms with Gasteiger partial charge in [0.05, 0.1) is 4.92 Å². The number of benzene rings is 2. The molecule has 0 radical (unpaired) electrons. The highest BCUT2D eigenvalue weighted by Gasteiger charge is 2.21. The lowest BCUT2D eigenvalue weighted by Gasteiger charge is -2.14. The van der Waals surface area contributed by atoms with Gasteiger partial charge in [0.2, 0.25) is 0 Å². The van der Waals surface area contributed by atoms with Crippen LogP contribution in [0.1, 0.15) is 18.1 Å². The van der Waals surface area contributed by atoms with E-state index in [9.17, 15) is 19.7 Å². The zero-order valence-corrected chi connectivity index (χ0v) is 16.3. The molecule has 2 rings (SSSR count). The zero-order chi connectivity index (χ0) is 20.8. The number of rotatable bonds is 7. The van der Waals surface area contributed by atoms with Crippen molar-refractivity contribution in [1.82, 2.24) is 0 Å². The molecule has 1 amide bonds. The van der Waals surface area contributed by atoms with E-state index in [1.54, 1.807) is 44.2 Å². The molecule has 1 N–H and O–H groups in total. The highest BCUT2D eigenvalue weighted by atomic mass is 35.5. The van der Waals surface area contributed by atoms with Crippen LogP contribution in [0.5, 0.6) is 5.75 Å². The Morgan fingerprint density at radius 1 is 1.18 bits per heavy atom. The van der Waals surface area contributed by atoms with Gasteiger partial charge in [-0.15, -0.1) is 0 Å². The van der Waals surface area contributed by atoms with Crippen LogP contribution in [0.15, 0.2) is 36.4 Å². The summed E-state index contributed by atoms with van der Waals surface area (Å²) in [5, 5.41) is 14.1. The van der Waals surface area contributed by atoms with Crippen molar-refractivity contribution in [3.63, 3.8) is 0 Å². The topological polar surface area (TPSA) is 108 Å². The summed E-state index contributed by atoms with van der Waals surface area (Å²) in [6.45, 7) is 4.30. The second kappa shape index (κ2) is 9.18. The molecule has 2 aromatic carbocycles. The number of anilines is 1. The summed E-state index contributed by atoms with van der Waals surface area (Å²) in [4.78, 5) is 34.7. The summed E-state index contributed by atoms with van der Waals surface area (Å²) in [7, 11) is 0. The number of nitrogens with one attached hydrogen (secondary N) is 1. The summed E-state index contributed by atoms with van der Waals surface area (Å²) >= 11 is 5.78. The molecule has 0 heterocycles. The van der Waals surface area contributed by atoms with Crippen molar-refractivity contribution in [2.24, 2.45) is 0 Å². The largest absolute Gasteiger partial charge is 0.479 e. The van der Waals surface area contributed by atoms with E-state index in [2.05, 4.69) is 5.32 Å². The van der Waals surface area contributed by atoms with Crippen molar-refractivity contribution in [3.8, 4) is 5.75 Å². The molecule has 0 aliphatic rings. The quantitative estimate of drug-likeness (QED) is 0.425. The Morgan fingerprint density at radius 3 is 2.43 bits per heavy atom. The van der Waals surface area contributed by atoms with Crippen molar-refractivity contribution < 1.29 is 24.0 Å². The summed E-state index contributed by atoms with van der Waals surface area (Å²) in [5.74, 6) is -1.02.